The maximum Gasteiger partial charge on any atom is 0.176 e. The van der Waals surface area contributed by atoms with Gasteiger partial charge in [0.25, 0.3) is 0 Å². The van der Waals surface area contributed by atoms with Crippen molar-refractivity contribution in [3.8, 4) is 0 Å². The summed E-state index contributed by atoms with van der Waals surface area (Å²) < 4.78 is 11.4. The zero-order valence-electron chi connectivity index (χ0n) is 11.3. The number of benzene rings is 1. The van der Waals surface area contributed by atoms with Gasteiger partial charge in [-0.2, -0.15) is 0 Å². The third kappa shape index (κ3) is 4.61. The molecular weight excluding hydrogens is 226 g/mol. The second-order valence-corrected chi connectivity index (χ2v) is 3.86. The molecule has 0 bridgehead atoms. The normalized spacial score (nSPS) is 12.6. The van der Waals surface area contributed by atoms with Crippen molar-refractivity contribution in [2.75, 3.05) is 19.8 Å². The van der Waals surface area contributed by atoms with Gasteiger partial charge in [0.15, 0.2) is 6.29 Å². The predicted molar refractivity (Wildman–Crippen MR) is 74.4 cm³/mol. The predicted octanol–water partition coefficient (Wildman–Crippen LogP) is 2.90. The van der Waals surface area contributed by atoms with Crippen molar-refractivity contribution in [1.82, 2.24) is 5.32 Å². The molecule has 3 heteroatoms. The van der Waals surface area contributed by atoms with E-state index in [0.717, 1.165) is 12.1 Å². The third-order valence-corrected chi connectivity index (χ3v) is 2.57. The van der Waals surface area contributed by atoms with E-state index in [1.165, 1.54) is 0 Å². The van der Waals surface area contributed by atoms with Crippen LogP contribution in [0.15, 0.2) is 43.0 Å². The Kier molecular flexibility index (Phi) is 7.34. The maximum atomic E-state index is 5.68. The largest absolute Gasteiger partial charge is 0.351 e. The smallest absolute Gasteiger partial charge is 0.176 e. The van der Waals surface area contributed by atoms with E-state index in [1.54, 1.807) is 0 Å². The van der Waals surface area contributed by atoms with Crippen LogP contribution >= 0.6 is 0 Å². The summed E-state index contributed by atoms with van der Waals surface area (Å²) in [7, 11) is 0. The van der Waals surface area contributed by atoms with Crippen molar-refractivity contribution in [3.63, 3.8) is 0 Å². The van der Waals surface area contributed by atoms with E-state index in [2.05, 4.69) is 24.0 Å². The summed E-state index contributed by atoms with van der Waals surface area (Å²) in [5.74, 6) is 0. The fourth-order valence-electron chi connectivity index (χ4n) is 1.81. The zero-order chi connectivity index (χ0) is 13.2. The van der Waals surface area contributed by atoms with Crippen molar-refractivity contribution < 1.29 is 9.47 Å². The molecule has 0 radical (unpaired) electrons. The van der Waals surface area contributed by atoms with Crippen LogP contribution in [0.25, 0.3) is 0 Å². The van der Waals surface area contributed by atoms with Crippen molar-refractivity contribution in [3.05, 3.63) is 48.6 Å². The van der Waals surface area contributed by atoms with Crippen LogP contribution in [0, 0.1) is 0 Å². The Hall–Kier alpha value is -1.16. The Morgan fingerprint density at radius 3 is 2.28 bits per heavy atom. The highest BCUT2D eigenvalue weighted by Crippen LogP contribution is 2.20. The maximum absolute atomic E-state index is 5.68. The van der Waals surface area contributed by atoms with E-state index in [9.17, 15) is 0 Å². The minimum atomic E-state index is -0.276. The van der Waals surface area contributed by atoms with Gasteiger partial charge >= 0.3 is 0 Å². The van der Waals surface area contributed by atoms with Crippen LogP contribution in [0.5, 0.6) is 0 Å². The van der Waals surface area contributed by atoms with E-state index in [-0.39, 0.29) is 12.3 Å². The van der Waals surface area contributed by atoms with Crippen LogP contribution in [-0.4, -0.2) is 26.0 Å². The van der Waals surface area contributed by atoms with Gasteiger partial charge in [-0.15, -0.1) is 6.58 Å². The molecule has 0 spiro atoms. The molecule has 0 aromatic heterocycles. The first kappa shape index (κ1) is 14.9. The summed E-state index contributed by atoms with van der Waals surface area (Å²) in [6, 6.07) is 10.2. The lowest BCUT2D eigenvalue weighted by atomic mass is 10.1. The molecule has 0 aliphatic rings. The summed E-state index contributed by atoms with van der Waals surface area (Å²) in [6.07, 6.45) is 1.56. The molecule has 0 heterocycles. The molecule has 1 rings (SSSR count). The molecule has 1 N–H and O–H groups in total. The van der Waals surface area contributed by atoms with Gasteiger partial charge in [0.05, 0.1) is 6.04 Å². The molecule has 0 amide bonds. The highest BCUT2D eigenvalue weighted by atomic mass is 16.7. The van der Waals surface area contributed by atoms with Crippen molar-refractivity contribution in [2.45, 2.75) is 26.2 Å². The molecule has 0 saturated heterocycles. The van der Waals surface area contributed by atoms with Gasteiger partial charge in [-0.25, -0.2) is 0 Å². The van der Waals surface area contributed by atoms with E-state index in [4.69, 9.17) is 9.47 Å². The topological polar surface area (TPSA) is 30.5 Å². The second kappa shape index (κ2) is 8.86. The number of ether oxygens (including phenoxy) is 2. The number of nitrogens with one attached hydrogen (secondary N) is 1. The number of hydrogen-bond donors (Lipinski definition) is 1. The van der Waals surface area contributed by atoms with E-state index < -0.39 is 0 Å². The number of hydrogen-bond acceptors (Lipinski definition) is 3. The van der Waals surface area contributed by atoms with Gasteiger partial charge < -0.3 is 14.8 Å². The lowest BCUT2D eigenvalue weighted by molar-refractivity contribution is -0.154. The van der Waals surface area contributed by atoms with E-state index in [1.807, 2.05) is 38.1 Å². The van der Waals surface area contributed by atoms with Crippen LogP contribution in [0.3, 0.4) is 0 Å². The molecule has 100 valence electrons. The van der Waals surface area contributed by atoms with Gasteiger partial charge in [0.1, 0.15) is 0 Å². The lowest BCUT2D eigenvalue weighted by Gasteiger charge is -2.27. The Morgan fingerprint density at radius 2 is 1.78 bits per heavy atom. The first-order valence-corrected chi connectivity index (χ1v) is 6.45. The van der Waals surface area contributed by atoms with Crippen LogP contribution in [0.1, 0.15) is 25.5 Å². The van der Waals surface area contributed by atoms with Crippen molar-refractivity contribution >= 4 is 0 Å². The fraction of sp³-hybridized carbons (Fsp3) is 0.467. The monoisotopic (exact) mass is 249 g/mol. The molecule has 0 unspecified atom stereocenters. The second-order valence-electron chi connectivity index (χ2n) is 3.86. The lowest BCUT2D eigenvalue weighted by Crippen LogP contribution is -2.36. The molecule has 0 fully saturated rings. The minimum Gasteiger partial charge on any atom is -0.351 e. The molecule has 1 aromatic rings. The average Bonchev–Trinajstić information content (AvgIpc) is 2.41. The van der Waals surface area contributed by atoms with Gasteiger partial charge in [-0.1, -0.05) is 36.4 Å². The van der Waals surface area contributed by atoms with Crippen LogP contribution in [0.2, 0.25) is 0 Å². The van der Waals surface area contributed by atoms with E-state index in [0.29, 0.717) is 13.2 Å². The molecule has 1 atom stereocenters. The molecular formula is C15H23NO2. The first-order chi connectivity index (χ1) is 8.83. The first-order valence-electron chi connectivity index (χ1n) is 6.45. The molecule has 0 saturated carbocycles. The van der Waals surface area contributed by atoms with Crippen LogP contribution < -0.4 is 5.32 Å². The number of rotatable bonds is 9. The third-order valence-electron chi connectivity index (χ3n) is 2.57. The molecule has 3 nitrogen and oxygen atoms in total. The quantitative estimate of drug-likeness (QED) is 0.539. The van der Waals surface area contributed by atoms with Crippen LogP contribution in [-0.2, 0) is 9.47 Å². The molecule has 0 aliphatic carbocycles. The van der Waals surface area contributed by atoms with Gasteiger partial charge in [0, 0.05) is 19.8 Å². The summed E-state index contributed by atoms with van der Waals surface area (Å²) in [6.45, 7) is 9.66. The summed E-state index contributed by atoms with van der Waals surface area (Å²) >= 11 is 0. The Labute approximate surface area is 110 Å². The van der Waals surface area contributed by atoms with Gasteiger partial charge in [-0.05, 0) is 19.4 Å². The Balaban J connectivity index is 2.83. The Morgan fingerprint density at radius 1 is 1.17 bits per heavy atom. The molecule has 1 aromatic carbocycles. The van der Waals surface area contributed by atoms with Crippen molar-refractivity contribution in [1.29, 1.82) is 0 Å². The van der Waals surface area contributed by atoms with Gasteiger partial charge in [0.2, 0.25) is 0 Å². The van der Waals surface area contributed by atoms with Crippen molar-refractivity contribution in [2.24, 2.45) is 0 Å². The molecule has 18 heavy (non-hydrogen) atoms. The summed E-state index contributed by atoms with van der Waals surface area (Å²) in [4.78, 5) is 0. The average molecular weight is 249 g/mol. The summed E-state index contributed by atoms with van der Waals surface area (Å²) in [5, 5.41) is 3.39. The van der Waals surface area contributed by atoms with Gasteiger partial charge in [-0.3, -0.25) is 0 Å². The molecule has 0 aliphatic heterocycles. The minimum absolute atomic E-state index is 0.0177. The fourth-order valence-corrected chi connectivity index (χ4v) is 1.81. The highest BCUT2D eigenvalue weighted by molar-refractivity contribution is 5.19. The Bertz CT molecular complexity index is 321. The SMILES string of the molecule is C=CCN[C@H](c1ccccc1)C(OCC)OCC. The van der Waals surface area contributed by atoms with Crippen LogP contribution in [0.4, 0.5) is 0 Å². The standard InChI is InChI=1S/C15H23NO2/c1-4-12-16-14(13-10-8-7-9-11-13)15(17-5-2)18-6-3/h4,7-11,14-16H,1,5-6,12H2,2-3H3/t14-/m1/s1. The van der Waals surface area contributed by atoms with E-state index >= 15 is 0 Å². The highest BCUT2D eigenvalue weighted by Gasteiger charge is 2.23. The zero-order valence-corrected chi connectivity index (χ0v) is 11.3. The summed E-state index contributed by atoms with van der Waals surface area (Å²) in [5.41, 5.74) is 1.16.